The molecular formula is C24H26FN7O. The number of hydrogen-bond donors (Lipinski definition) is 2. The van der Waals surface area contributed by atoms with Crippen molar-refractivity contribution in [2.24, 2.45) is 0 Å². The van der Waals surface area contributed by atoms with Gasteiger partial charge in [0.05, 0.1) is 5.39 Å². The van der Waals surface area contributed by atoms with E-state index in [-0.39, 0.29) is 5.82 Å². The lowest BCUT2D eigenvalue weighted by molar-refractivity contribution is 0.178. The normalized spacial score (nSPS) is 16.8. The molecule has 5 rings (SSSR count). The highest BCUT2D eigenvalue weighted by Gasteiger charge is 2.28. The molecule has 3 aromatic heterocycles. The maximum absolute atomic E-state index is 13.2. The van der Waals surface area contributed by atoms with Gasteiger partial charge in [0.2, 0.25) is 0 Å². The fourth-order valence-corrected chi connectivity index (χ4v) is 4.35. The van der Waals surface area contributed by atoms with Gasteiger partial charge in [-0.1, -0.05) is 0 Å². The summed E-state index contributed by atoms with van der Waals surface area (Å²) in [4.78, 5) is 22.7. The first-order chi connectivity index (χ1) is 16.0. The Balaban J connectivity index is 1.26. The standard InChI is InChI=1S/C24H26FN7O/c1-30(19-10-12-32(14-19)23-20-9-11-26-22(20)28-15-29-23)21-8-3-16(13-27-21)24(33)31(2)18-6-4-17(25)5-7-18/h3-9,11,13,15,19,24,33H,10,12,14H2,1-2H3,(H,26,28,29). The molecule has 0 radical (unpaired) electrons. The topological polar surface area (TPSA) is 84.4 Å². The molecule has 1 saturated heterocycles. The van der Waals surface area contributed by atoms with E-state index in [1.54, 1.807) is 36.6 Å². The number of hydrogen-bond acceptors (Lipinski definition) is 7. The van der Waals surface area contributed by atoms with Crippen molar-refractivity contribution < 1.29 is 9.50 Å². The second-order valence-corrected chi connectivity index (χ2v) is 8.35. The third-order valence-corrected chi connectivity index (χ3v) is 6.37. The van der Waals surface area contributed by atoms with Crippen molar-refractivity contribution in [3.8, 4) is 0 Å². The Hall–Kier alpha value is -3.72. The van der Waals surface area contributed by atoms with Crippen LogP contribution >= 0.6 is 0 Å². The number of aromatic nitrogens is 4. The SMILES string of the molecule is CN(c1ccc(C(O)N(C)c2ccc(F)cc2)cn1)C1CCN(c2ncnc3[nH]ccc23)C1. The molecule has 1 aromatic carbocycles. The second kappa shape index (κ2) is 8.67. The molecule has 170 valence electrons. The number of aliphatic hydroxyl groups excluding tert-OH is 1. The van der Waals surface area contributed by atoms with Crippen molar-refractivity contribution in [2.45, 2.75) is 18.7 Å². The highest BCUT2D eigenvalue weighted by atomic mass is 19.1. The van der Waals surface area contributed by atoms with E-state index in [0.717, 1.165) is 47.9 Å². The molecule has 2 atom stereocenters. The number of nitrogens with one attached hydrogen (secondary N) is 1. The largest absolute Gasteiger partial charge is 0.369 e. The maximum atomic E-state index is 13.2. The Labute approximate surface area is 191 Å². The summed E-state index contributed by atoms with van der Waals surface area (Å²) < 4.78 is 13.2. The fraction of sp³-hybridized carbons (Fsp3) is 0.292. The number of rotatable bonds is 6. The number of benzene rings is 1. The van der Waals surface area contributed by atoms with Crippen LogP contribution in [0.4, 0.5) is 21.7 Å². The number of nitrogens with zero attached hydrogens (tertiary/aromatic N) is 6. The van der Waals surface area contributed by atoms with E-state index in [4.69, 9.17) is 0 Å². The van der Waals surface area contributed by atoms with Crippen molar-refractivity contribution >= 4 is 28.4 Å². The van der Waals surface area contributed by atoms with Crippen LogP contribution in [0.3, 0.4) is 0 Å². The van der Waals surface area contributed by atoms with Gasteiger partial charge >= 0.3 is 0 Å². The van der Waals surface area contributed by atoms with Crippen LogP contribution in [0.5, 0.6) is 0 Å². The van der Waals surface area contributed by atoms with Crippen molar-refractivity contribution in [1.82, 2.24) is 19.9 Å². The number of halogens is 1. The summed E-state index contributed by atoms with van der Waals surface area (Å²) in [6, 6.07) is 12.1. The summed E-state index contributed by atoms with van der Waals surface area (Å²) in [5.41, 5.74) is 2.23. The van der Waals surface area contributed by atoms with Crippen LogP contribution in [-0.4, -0.2) is 58.3 Å². The molecule has 1 aliphatic heterocycles. The van der Waals surface area contributed by atoms with Gasteiger partial charge in [0.25, 0.3) is 0 Å². The highest BCUT2D eigenvalue weighted by molar-refractivity contribution is 5.87. The first-order valence-corrected chi connectivity index (χ1v) is 10.9. The second-order valence-electron chi connectivity index (χ2n) is 8.35. The minimum absolute atomic E-state index is 0.291. The molecule has 33 heavy (non-hydrogen) atoms. The quantitative estimate of drug-likeness (QED) is 0.439. The smallest absolute Gasteiger partial charge is 0.154 e. The average molecular weight is 448 g/mol. The lowest BCUT2D eigenvalue weighted by Gasteiger charge is -2.28. The van der Waals surface area contributed by atoms with Crippen molar-refractivity contribution in [2.75, 3.05) is 41.9 Å². The van der Waals surface area contributed by atoms with Crippen molar-refractivity contribution in [3.63, 3.8) is 0 Å². The Bertz CT molecular complexity index is 1230. The molecule has 0 spiro atoms. The van der Waals surface area contributed by atoms with E-state index in [0.29, 0.717) is 11.6 Å². The van der Waals surface area contributed by atoms with Crippen LogP contribution in [-0.2, 0) is 0 Å². The number of aromatic amines is 1. The van der Waals surface area contributed by atoms with Gasteiger partial charge in [-0.25, -0.2) is 19.3 Å². The number of pyridine rings is 1. The molecule has 0 aliphatic carbocycles. The molecule has 4 heterocycles. The molecule has 2 N–H and O–H groups in total. The lowest BCUT2D eigenvalue weighted by Crippen LogP contribution is -2.35. The lowest BCUT2D eigenvalue weighted by atomic mass is 10.2. The maximum Gasteiger partial charge on any atom is 0.154 e. The van der Waals surface area contributed by atoms with Gasteiger partial charge in [-0.15, -0.1) is 0 Å². The zero-order valence-electron chi connectivity index (χ0n) is 18.6. The Morgan fingerprint density at radius 2 is 1.91 bits per heavy atom. The fourth-order valence-electron chi connectivity index (χ4n) is 4.35. The number of aliphatic hydroxyl groups is 1. The van der Waals surface area contributed by atoms with Gasteiger partial charge in [-0.3, -0.25) is 0 Å². The summed E-state index contributed by atoms with van der Waals surface area (Å²) in [6.07, 6.45) is 5.28. The molecule has 0 amide bonds. The number of H-pyrrole nitrogens is 1. The minimum Gasteiger partial charge on any atom is -0.369 e. The number of anilines is 3. The van der Waals surface area contributed by atoms with E-state index in [9.17, 15) is 9.50 Å². The molecule has 2 unspecified atom stereocenters. The third kappa shape index (κ3) is 4.07. The van der Waals surface area contributed by atoms with Gasteiger partial charge in [0.1, 0.15) is 29.4 Å². The zero-order valence-corrected chi connectivity index (χ0v) is 18.6. The molecule has 1 aliphatic rings. The molecule has 4 aromatic rings. The average Bonchev–Trinajstić information content (AvgIpc) is 3.53. The van der Waals surface area contributed by atoms with Gasteiger partial charge < -0.3 is 24.8 Å². The van der Waals surface area contributed by atoms with E-state index >= 15 is 0 Å². The Morgan fingerprint density at radius 3 is 2.67 bits per heavy atom. The van der Waals surface area contributed by atoms with Gasteiger partial charge in [0, 0.05) is 56.9 Å². The molecule has 1 fully saturated rings. The van der Waals surface area contributed by atoms with E-state index in [1.165, 1.54) is 12.1 Å². The van der Waals surface area contributed by atoms with Gasteiger partial charge in [-0.05, 0) is 48.9 Å². The van der Waals surface area contributed by atoms with Crippen molar-refractivity contribution in [3.05, 3.63) is 72.6 Å². The van der Waals surface area contributed by atoms with Gasteiger partial charge in [0.15, 0.2) is 6.23 Å². The van der Waals surface area contributed by atoms with Crippen LogP contribution in [0, 0.1) is 5.82 Å². The minimum atomic E-state index is -0.884. The summed E-state index contributed by atoms with van der Waals surface area (Å²) in [7, 11) is 3.81. The number of fused-ring (bicyclic) bond motifs is 1. The molecular weight excluding hydrogens is 421 g/mol. The van der Waals surface area contributed by atoms with E-state index in [1.807, 2.05) is 31.4 Å². The summed E-state index contributed by atoms with van der Waals surface area (Å²) in [5.74, 6) is 1.49. The predicted molar refractivity (Wildman–Crippen MR) is 127 cm³/mol. The first kappa shape index (κ1) is 21.1. The first-order valence-electron chi connectivity index (χ1n) is 10.9. The molecule has 0 saturated carbocycles. The molecule has 0 bridgehead atoms. The number of likely N-dealkylation sites (N-methyl/N-ethyl adjacent to an activating group) is 1. The van der Waals surface area contributed by atoms with Crippen LogP contribution in [0.15, 0.2) is 61.2 Å². The zero-order chi connectivity index (χ0) is 22.9. The van der Waals surface area contributed by atoms with Crippen LogP contribution in [0.2, 0.25) is 0 Å². The highest BCUT2D eigenvalue weighted by Crippen LogP contribution is 2.29. The van der Waals surface area contributed by atoms with E-state index < -0.39 is 6.23 Å². The Morgan fingerprint density at radius 1 is 1.09 bits per heavy atom. The van der Waals surface area contributed by atoms with Crippen LogP contribution in [0.1, 0.15) is 18.2 Å². The monoisotopic (exact) mass is 447 g/mol. The van der Waals surface area contributed by atoms with Crippen LogP contribution in [0.25, 0.3) is 11.0 Å². The molecule has 8 nitrogen and oxygen atoms in total. The summed E-state index contributed by atoms with van der Waals surface area (Å²) in [5, 5.41) is 11.8. The summed E-state index contributed by atoms with van der Waals surface area (Å²) >= 11 is 0. The Kier molecular flexibility index (Phi) is 5.55. The third-order valence-electron chi connectivity index (χ3n) is 6.37. The predicted octanol–water partition coefficient (Wildman–Crippen LogP) is 3.33. The van der Waals surface area contributed by atoms with Crippen molar-refractivity contribution in [1.29, 1.82) is 0 Å². The van der Waals surface area contributed by atoms with Gasteiger partial charge in [-0.2, -0.15) is 0 Å². The summed E-state index contributed by atoms with van der Waals surface area (Å²) in [6.45, 7) is 1.75. The van der Waals surface area contributed by atoms with E-state index in [2.05, 4.69) is 29.7 Å². The molecule has 9 heteroatoms. The van der Waals surface area contributed by atoms with Crippen LogP contribution < -0.4 is 14.7 Å².